The monoisotopic (exact) mass is 356 g/mol. The quantitative estimate of drug-likeness (QED) is 0.627. The van der Waals surface area contributed by atoms with E-state index in [-0.39, 0.29) is 17.5 Å². The fourth-order valence-corrected chi connectivity index (χ4v) is 3.58. The summed E-state index contributed by atoms with van der Waals surface area (Å²) in [6, 6.07) is 6.88. The van der Waals surface area contributed by atoms with Gasteiger partial charge in [-0.2, -0.15) is 0 Å². The van der Waals surface area contributed by atoms with Crippen molar-refractivity contribution in [2.24, 2.45) is 0 Å². The molecule has 5 nitrogen and oxygen atoms in total. The molecule has 0 fully saturated rings. The fourth-order valence-electron chi connectivity index (χ4n) is 1.85. The number of nitrogens with one attached hydrogen (secondary N) is 1. The van der Waals surface area contributed by atoms with Crippen LogP contribution in [-0.4, -0.2) is 12.0 Å². The lowest BCUT2D eigenvalue weighted by Gasteiger charge is -2.15. The molecule has 7 heteroatoms. The van der Waals surface area contributed by atoms with E-state index in [1.54, 1.807) is 23.5 Å². The molecule has 1 aromatic carbocycles. The van der Waals surface area contributed by atoms with Gasteiger partial charge in [0, 0.05) is 21.1 Å². The van der Waals surface area contributed by atoms with E-state index in [1.807, 2.05) is 18.4 Å². The predicted octanol–water partition coefficient (Wildman–Crippen LogP) is 4.60. The standard InChI is InChI=1S/C13H13BrN2O3S/c1-8(13-10(14)5-6-20-13)15-9-3-4-12(19-2)11(7-9)16(17)18/h3-8,15H,1-2H3. The number of hydrogen-bond donors (Lipinski definition) is 1. The molecule has 2 aromatic rings. The number of nitrogens with zero attached hydrogens (tertiary/aromatic N) is 1. The molecule has 0 aliphatic rings. The minimum atomic E-state index is -0.449. The molecule has 1 heterocycles. The Morgan fingerprint density at radius 3 is 2.75 bits per heavy atom. The first-order chi connectivity index (χ1) is 9.52. The molecule has 1 unspecified atom stereocenters. The van der Waals surface area contributed by atoms with Gasteiger partial charge in [0.1, 0.15) is 0 Å². The first-order valence-electron chi connectivity index (χ1n) is 5.84. The molecule has 0 amide bonds. The molecule has 20 heavy (non-hydrogen) atoms. The van der Waals surface area contributed by atoms with E-state index in [9.17, 15) is 10.1 Å². The fraction of sp³-hybridized carbons (Fsp3) is 0.231. The Kier molecular flexibility index (Phi) is 4.61. The van der Waals surface area contributed by atoms with E-state index in [2.05, 4.69) is 21.2 Å². The molecule has 0 aliphatic heterocycles. The number of thiophene rings is 1. The number of ether oxygens (including phenoxy) is 1. The van der Waals surface area contributed by atoms with Crippen molar-refractivity contribution in [3.8, 4) is 5.75 Å². The second-order valence-electron chi connectivity index (χ2n) is 4.14. The summed E-state index contributed by atoms with van der Waals surface area (Å²) in [5, 5.41) is 16.2. The predicted molar refractivity (Wildman–Crippen MR) is 83.7 cm³/mol. The Labute approximate surface area is 128 Å². The molecule has 1 atom stereocenters. The van der Waals surface area contributed by atoms with Crippen molar-refractivity contribution in [2.45, 2.75) is 13.0 Å². The Bertz CT molecular complexity index is 630. The van der Waals surface area contributed by atoms with E-state index in [0.29, 0.717) is 5.69 Å². The number of halogens is 1. The first-order valence-corrected chi connectivity index (χ1v) is 7.52. The van der Waals surface area contributed by atoms with Gasteiger partial charge in [-0.25, -0.2) is 0 Å². The number of methoxy groups -OCH3 is 1. The van der Waals surface area contributed by atoms with E-state index in [4.69, 9.17) is 4.74 Å². The summed E-state index contributed by atoms with van der Waals surface area (Å²) in [6.45, 7) is 2.01. The molecule has 0 radical (unpaired) electrons. The summed E-state index contributed by atoms with van der Waals surface area (Å²) in [6.07, 6.45) is 0. The molecule has 0 aliphatic carbocycles. The molecule has 0 spiro atoms. The molecule has 1 N–H and O–H groups in total. The van der Waals surface area contributed by atoms with Crippen molar-refractivity contribution in [1.82, 2.24) is 0 Å². The van der Waals surface area contributed by atoms with Crippen LogP contribution in [0.1, 0.15) is 17.8 Å². The van der Waals surface area contributed by atoms with Crippen molar-refractivity contribution < 1.29 is 9.66 Å². The number of benzene rings is 1. The summed E-state index contributed by atoms with van der Waals surface area (Å²) >= 11 is 5.11. The number of rotatable bonds is 5. The van der Waals surface area contributed by atoms with Crippen molar-refractivity contribution in [2.75, 3.05) is 12.4 Å². The average Bonchev–Trinajstić information content (AvgIpc) is 2.85. The zero-order chi connectivity index (χ0) is 14.7. The van der Waals surface area contributed by atoms with E-state index in [1.165, 1.54) is 13.2 Å². The third-order valence-electron chi connectivity index (χ3n) is 2.80. The molecular weight excluding hydrogens is 344 g/mol. The maximum atomic E-state index is 11.0. The van der Waals surface area contributed by atoms with Crippen LogP contribution in [0.4, 0.5) is 11.4 Å². The maximum absolute atomic E-state index is 11.0. The van der Waals surface area contributed by atoms with Crippen molar-refractivity contribution in [3.05, 3.63) is 49.1 Å². The van der Waals surface area contributed by atoms with Gasteiger partial charge in [-0.1, -0.05) is 0 Å². The van der Waals surface area contributed by atoms with Crippen molar-refractivity contribution >= 4 is 38.6 Å². The molecule has 0 saturated carbocycles. The second-order valence-corrected chi connectivity index (χ2v) is 5.94. The highest BCUT2D eigenvalue weighted by Gasteiger charge is 2.17. The van der Waals surface area contributed by atoms with Crippen LogP contribution in [0.3, 0.4) is 0 Å². The summed E-state index contributed by atoms with van der Waals surface area (Å²) in [5.74, 6) is 0.255. The van der Waals surface area contributed by atoms with Gasteiger partial charge in [0.05, 0.1) is 18.1 Å². The normalized spacial score (nSPS) is 11.9. The smallest absolute Gasteiger partial charge is 0.312 e. The van der Waals surface area contributed by atoms with Gasteiger partial charge < -0.3 is 10.1 Å². The molecular formula is C13H13BrN2O3S. The first kappa shape index (κ1) is 14.8. The minimum absolute atomic E-state index is 0.0463. The number of nitro groups is 1. The van der Waals surface area contributed by atoms with Crippen LogP contribution in [0.15, 0.2) is 34.1 Å². The molecule has 2 rings (SSSR count). The lowest BCUT2D eigenvalue weighted by molar-refractivity contribution is -0.385. The summed E-state index contributed by atoms with van der Waals surface area (Å²) < 4.78 is 6.02. The van der Waals surface area contributed by atoms with Gasteiger partial charge in [-0.05, 0) is 46.4 Å². The van der Waals surface area contributed by atoms with Gasteiger partial charge >= 0.3 is 5.69 Å². The van der Waals surface area contributed by atoms with E-state index < -0.39 is 4.92 Å². The minimum Gasteiger partial charge on any atom is -0.490 e. The largest absolute Gasteiger partial charge is 0.490 e. The second kappa shape index (κ2) is 6.23. The van der Waals surface area contributed by atoms with Crippen LogP contribution >= 0.6 is 27.3 Å². The van der Waals surface area contributed by atoms with Crippen molar-refractivity contribution in [1.29, 1.82) is 0 Å². The van der Waals surface area contributed by atoms with E-state index in [0.717, 1.165) is 9.35 Å². The third-order valence-corrected chi connectivity index (χ3v) is 4.85. The van der Waals surface area contributed by atoms with Gasteiger partial charge in [-0.15, -0.1) is 11.3 Å². The zero-order valence-electron chi connectivity index (χ0n) is 10.9. The van der Waals surface area contributed by atoms with Gasteiger partial charge in [0.15, 0.2) is 5.75 Å². The van der Waals surface area contributed by atoms with Crippen LogP contribution in [-0.2, 0) is 0 Å². The SMILES string of the molecule is COc1ccc(NC(C)c2sccc2Br)cc1[N+](=O)[O-]. The van der Waals surface area contributed by atoms with Gasteiger partial charge in [-0.3, -0.25) is 10.1 Å². The highest BCUT2D eigenvalue weighted by molar-refractivity contribution is 9.10. The Hall–Kier alpha value is -1.60. The van der Waals surface area contributed by atoms with Crippen LogP contribution in [0.5, 0.6) is 5.75 Å². The summed E-state index contributed by atoms with van der Waals surface area (Å²) in [5.41, 5.74) is 0.639. The number of anilines is 1. The summed E-state index contributed by atoms with van der Waals surface area (Å²) in [4.78, 5) is 11.7. The summed E-state index contributed by atoms with van der Waals surface area (Å²) in [7, 11) is 1.42. The Morgan fingerprint density at radius 2 is 2.20 bits per heavy atom. The van der Waals surface area contributed by atoms with Crippen molar-refractivity contribution in [3.63, 3.8) is 0 Å². The van der Waals surface area contributed by atoms with Gasteiger partial charge in [0.25, 0.3) is 0 Å². The Balaban J connectivity index is 2.24. The van der Waals surface area contributed by atoms with Gasteiger partial charge in [0.2, 0.25) is 0 Å². The third kappa shape index (κ3) is 3.10. The molecule has 1 aromatic heterocycles. The number of nitro benzene ring substituents is 1. The lowest BCUT2D eigenvalue weighted by atomic mass is 10.2. The molecule has 0 saturated heterocycles. The molecule has 106 valence electrons. The molecule has 0 bridgehead atoms. The zero-order valence-corrected chi connectivity index (χ0v) is 13.3. The maximum Gasteiger partial charge on any atom is 0.312 e. The van der Waals surface area contributed by atoms with Crippen LogP contribution in [0.2, 0.25) is 0 Å². The topological polar surface area (TPSA) is 64.4 Å². The average molecular weight is 357 g/mol. The van der Waals surface area contributed by atoms with Crippen LogP contribution < -0.4 is 10.1 Å². The van der Waals surface area contributed by atoms with Crippen LogP contribution in [0.25, 0.3) is 0 Å². The highest BCUT2D eigenvalue weighted by Crippen LogP contribution is 2.34. The van der Waals surface area contributed by atoms with Crippen LogP contribution in [0, 0.1) is 10.1 Å². The highest BCUT2D eigenvalue weighted by atomic mass is 79.9. The van der Waals surface area contributed by atoms with E-state index >= 15 is 0 Å². The lowest BCUT2D eigenvalue weighted by Crippen LogP contribution is -2.06. The number of hydrogen-bond acceptors (Lipinski definition) is 5. The Morgan fingerprint density at radius 1 is 1.45 bits per heavy atom.